The van der Waals surface area contributed by atoms with Gasteiger partial charge in [0.05, 0.1) is 10.6 Å². The molecule has 0 aliphatic heterocycles. The van der Waals surface area contributed by atoms with Crippen molar-refractivity contribution in [2.45, 2.75) is 26.3 Å². The predicted molar refractivity (Wildman–Crippen MR) is 69.8 cm³/mol. The maximum Gasteiger partial charge on any atom is 0.323 e. The fourth-order valence-electron chi connectivity index (χ4n) is 1.62. The third kappa shape index (κ3) is 3.67. The van der Waals surface area contributed by atoms with Gasteiger partial charge in [-0.1, -0.05) is 24.6 Å². The monoisotopic (exact) mass is 287 g/mol. The summed E-state index contributed by atoms with van der Waals surface area (Å²) in [7, 11) is 0. The first kappa shape index (κ1) is 15.4. The number of hydrogen-bond donors (Lipinski definition) is 1. The number of benzene rings is 1. The van der Waals surface area contributed by atoms with Gasteiger partial charge in [0.15, 0.2) is 5.82 Å². The zero-order valence-corrected chi connectivity index (χ0v) is 11.4. The van der Waals surface area contributed by atoms with E-state index in [-0.39, 0.29) is 16.6 Å². The lowest BCUT2D eigenvalue weighted by molar-refractivity contribution is -0.138. The average molecular weight is 288 g/mol. The predicted octanol–water partition coefficient (Wildman–Crippen LogP) is 2.80. The highest BCUT2D eigenvalue weighted by Crippen LogP contribution is 2.20. The van der Waals surface area contributed by atoms with Gasteiger partial charge in [-0.05, 0) is 25.5 Å². The Morgan fingerprint density at radius 3 is 2.63 bits per heavy atom. The number of rotatable bonds is 5. The Kier molecular flexibility index (Phi) is 5.30. The van der Waals surface area contributed by atoms with Crippen LogP contribution < -0.4 is 0 Å². The molecule has 1 unspecified atom stereocenters. The topological polar surface area (TPSA) is 57.6 Å². The average Bonchev–Trinajstić information content (AvgIpc) is 2.37. The fourth-order valence-corrected chi connectivity index (χ4v) is 1.79. The molecular formula is C13H15ClFNO3. The Labute approximate surface area is 115 Å². The highest BCUT2D eigenvalue weighted by Gasteiger charge is 2.25. The number of amides is 1. The Morgan fingerprint density at radius 2 is 2.11 bits per heavy atom. The van der Waals surface area contributed by atoms with Gasteiger partial charge >= 0.3 is 5.97 Å². The first-order chi connectivity index (χ1) is 8.88. The van der Waals surface area contributed by atoms with E-state index in [1.165, 1.54) is 18.2 Å². The van der Waals surface area contributed by atoms with E-state index in [1.807, 2.05) is 6.92 Å². The number of carbonyl (C=O) groups is 2. The first-order valence-corrected chi connectivity index (χ1v) is 6.23. The van der Waals surface area contributed by atoms with Gasteiger partial charge in [-0.2, -0.15) is 0 Å². The van der Waals surface area contributed by atoms with E-state index in [9.17, 15) is 14.0 Å². The largest absolute Gasteiger partial charge is 0.480 e. The lowest BCUT2D eigenvalue weighted by Gasteiger charge is -2.27. The van der Waals surface area contributed by atoms with E-state index in [4.69, 9.17) is 16.7 Å². The highest BCUT2D eigenvalue weighted by atomic mass is 35.5. The van der Waals surface area contributed by atoms with Gasteiger partial charge < -0.3 is 10.0 Å². The van der Waals surface area contributed by atoms with E-state index in [2.05, 4.69) is 0 Å². The Morgan fingerprint density at radius 1 is 1.47 bits per heavy atom. The lowest BCUT2D eigenvalue weighted by Crippen LogP contribution is -2.42. The summed E-state index contributed by atoms with van der Waals surface area (Å²) in [6.45, 7) is 3.06. The molecule has 0 bridgehead atoms. The summed E-state index contributed by atoms with van der Waals surface area (Å²) in [6.07, 6.45) is 0.571. The van der Waals surface area contributed by atoms with Crippen molar-refractivity contribution < 1.29 is 19.1 Å². The molecule has 6 heteroatoms. The minimum atomic E-state index is -1.14. The van der Waals surface area contributed by atoms with Crippen LogP contribution >= 0.6 is 11.6 Å². The third-order valence-electron chi connectivity index (χ3n) is 2.87. The molecule has 0 heterocycles. The molecular weight excluding hydrogens is 273 g/mol. The van der Waals surface area contributed by atoms with E-state index >= 15 is 0 Å². The molecule has 0 fully saturated rings. The minimum Gasteiger partial charge on any atom is -0.480 e. The van der Waals surface area contributed by atoms with Crippen LogP contribution in [0.2, 0.25) is 5.02 Å². The van der Waals surface area contributed by atoms with Gasteiger partial charge in [0.2, 0.25) is 0 Å². The molecule has 0 aliphatic rings. The van der Waals surface area contributed by atoms with Crippen LogP contribution in [0.25, 0.3) is 0 Å². The first-order valence-electron chi connectivity index (χ1n) is 5.85. The number of carbonyl (C=O) groups excluding carboxylic acids is 1. The Hall–Kier alpha value is -1.62. The van der Waals surface area contributed by atoms with E-state index < -0.39 is 24.2 Å². The van der Waals surface area contributed by atoms with E-state index in [1.54, 1.807) is 6.92 Å². The molecule has 1 amide bonds. The van der Waals surface area contributed by atoms with Gasteiger partial charge in [0, 0.05) is 6.04 Å². The van der Waals surface area contributed by atoms with Crippen LogP contribution in [-0.4, -0.2) is 34.5 Å². The standard InChI is InChI=1S/C13H15ClFNO3/c1-3-8(2)16(7-11(17)18)13(19)9-5-4-6-10(14)12(9)15/h4-6,8H,3,7H2,1-2H3,(H,17,18). The molecule has 1 N–H and O–H groups in total. The van der Waals surface area contributed by atoms with E-state index in [0.717, 1.165) is 4.90 Å². The van der Waals surface area contributed by atoms with E-state index in [0.29, 0.717) is 6.42 Å². The van der Waals surface area contributed by atoms with Crippen molar-refractivity contribution in [2.24, 2.45) is 0 Å². The molecule has 1 aromatic carbocycles. The summed E-state index contributed by atoms with van der Waals surface area (Å²) in [5.41, 5.74) is -0.214. The molecule has 0 aliphatic carbocycles. The maximum absolute atomic E-state index is 13.8. The van der Waals surface area contributed by atoms with Crippen LogP contribution in [0.3, 0.4) is 0 Å². The maximum atomic E-state index is 13.8. The number of nitrogens with zero attached hydrogens (tertiary/aromatic N) is 1. The second-order valence-corrected chi connectivity index (χ2v) is 4.59. The molecule has 19 heavy (non-hydrogen) atoms. The molecule has 104 valence electrons. The quantitative estimate of drug-likeness (QED) is 0.906. The smallest absolute Gasteiger partial charge is 0.323 e. The number of halogens is 2. The van der Waals surface area contributed by atoms with Gasteiger partial charge in [-0.25, -0.2) is 4.39 Å². The summed E-state index contributed by atoms with van der Waals surface area (Å²) in [6, 6.07) is 3.77. The van der Waals surface area contributed by atoms with Crippen LogP contribution in [0.4, 0.5) is 4.39 Å². The second kappa shape index (κ2) is 6.52. The molecule has 0 saturated carbocycles. The lowest BCUT2D eigenvalue weighted by atomic mass is 10.1. The van der Waals surface area contributed by atoms with Crippen LogP contribution in [-0.2, 0) is 4.79 Å². The molecule has 1 aromatic rings. The van der Waals surface area contributed by atoms with Crippen LogP contribution in [0.15, 0.2) is 18.2 Å². The molecule has 1 rings (SSSR count). The highest BCUT2D eigenvalue weighted by molar-refractivity contribution is 6.31. The summed E-state index contributed by atoms with van der Waals surface area (Å²) in [5, 5.41) is 8.67. The van der Waals surface area contributed by atoms with Crippen molar-refractivity contribution in [3.8, 4) is 0 Å². The number of hydrogen-bond acceptors (Lipinski definition) is 2. The van der Waals surface area contributed by atoms with Crippen LogP contribution in [0.1, 0.15) is 30.6 Å². The fraction of sp³-hybridized carbons (Fsp3) is 0.385. The van der Waals surface area contributed by atoms with Gasteiger partial charge in [-0.15, -0.1) is 0 Å². The van der Waals surface area contributed by atoms with Crippen LogP contribution in [0.5, 0.6) is 0 Å². The summed E-state index contributed by atoms with van der Waals surface area (Å²) in [4.78, 5) is 24.1. The molecule has 0 radical (unpaired) electrons. The minimum absolute atomic E-state index is 0.162. The zero-order valence-electron chi connectivity index (χ0n) is 10.7. The van der Waals surface area contributed by atoms with Crippen molar-refractivity contribution in [1.82, 2.24) is 4.90 Å². The molecule has 0 aromatic heterocycles. The van der Waals surface area contributed by atoms with Crippen molar-refractivity contribution in [1.29, 1.82) is 0 Å². The van der Waals surface area contributed by atoms with Crippen molar-refractivity contribution >= 4 is 23.5 Å². The van der Waals surface area contributed by atoms with Crippen molar-refractivity contribution in [2.75, 3.05) is 6.54 Å². The normalized spacial score (nSPS) is 12.0. The summed E-state index contributed by atoms with van der Waals surface area (Å²) < 4.78 is 13.8. The Balaban J connectivity index is 3.11. The van der Waals surface area contributed by atoms with Gasteiger partial charge in [0.25, 0.3) is 5.91 Å². The molecule has 1 atom stereocenters. The van der Waals surface area contributed by atoms with Gasteiger partial charge in [-0.3, -0.25) is 9.59 Å². The molecule has 4 nitrogen and oxygen atoms in total. The second-order valence-electron chi connectivity index (χ2n) is 4.19. The van der Waals surface area contributed by atoms with Crippen molar-refractivity contribution in [3.63, 3.8) is 0 Å². The summed E-state index contributed by atoms with van der Waals surface area (Å²) in [5.74, 6) is -2.64. The molecule has 0 saturated heterocycles. The third-order valence-corrected chi connectivity index (χ3v) is 3.16. The summed E-state index contributed by atoms with van der Waals surface area (Å²) >= 11 is 5.62. The van der Waals surface area contributed by atoms with Crippen LogP contribution in [0, 0.1) is 5.82 Å². The van der Waals surface area contributed by atoms with Gasteiger partial charge in [0.1, 0.15) is 6.54 Å². The number of carboxylic acids is 1. The molecule has 0 spiro atoms. The number of carboxylic acid groups (broad SMARTS) is 1. The Bertz CT molecular complexity index is 493. The SMILES string of the molecule is CCC(C)N(CC(=O)O)C(=O)c1cccc(Cl)c1F. The van der Waals surface area contributed by atoms with Crippen molar-refractivity contribution in [3.05, 3.63) is 34.6 Å². The zero-order chi connectivity index (χ0) is 14.6. The number of aliphatic carboxylic acids is 1.